The molecule has 0 aliphatic carbocycles. The summed E-state index contributed by atoms with van der Waals surface area (Å²) in [5.74, 6) is -0.893. The van der Waals surface area contributed by atoms with Gasteiger partial charge >= 0.3 is 0 Å². The minimum Gasteiger partial charge on any atom is -0.256 e. The molecule has 1 aromatic heterocycles. The van der Waals surface area contributed by atoms with Crippen LogP contribution in [-0.2, 0) is 10.0 Å². The molecule has 2 aromatic carbocycles. The zero-order valence-electron chi connectivity index (χ0n) is 12.9. The van der Waals surface area contributed by atoms with Gasteiger partial charge in [-0.25, -0.2) is 17.9 Å². The lowest BCUT2D eigenvalue weighted by Gasteiger charge is -2.10. The predicted molar refractivity (Wildman–Crippen MR) is 91.2 cm³/mol. The number of aromatic nitrogens is 1. The largest absolute Gasteiger partial charge is 0.256 e. The highest BCUT2D eigenvalue weighted by molar-refractivity contribution is 7.89. The fraction of sp³-hybridized carbons (Fsp3) is 0.0556. The molecule has 0 atom stereocenters. The van der Waals surface area contributed by atoms with Crippen LogP contribution >= 0.6 is 0 Å². The Labute approximate surface area is 139 Å². The van der Waals surface area contributed by atoms with Gasteiger partial charge in [0.2, 0.25) is 10.0 Å². The summed E-state index contributed by atoms with van der Waals surface area (Å²) in [6.45, 7) is 1.99. The average Bonchev–Trinajstić information content (AvgIpc) is 2.53. The SMILES string of the molecule is Cc1cccc(-c2cccnc2-c2ccc(S(N)(=O)=O)c(F)c2)c1. The molecule has 24 heavy (non-hydrogen) atoms. The monoisotopic (exact) mass is 342 g/mol. The van der Waals surface area contributed by atoms with E-state index in [0.717, 1.165) is 28.8 Å². The van der Waals surface area contributed by atoms with Gasteiger partial charge in [-0.2, -0.15) is 0 Å². The summed E-state index contributed by atoms with van der Waals surface area (Å²) >= 11 is 0. The van der Waals surface area contributed by atoms with Crippen LogP contribution in [0.5, 0.6) is 0 Å². The summed E-state index contributed by atoms with van der Waals surface area (Å²) in [5, 5.41) is 5.00. The van der Waals surface area contributed by atoms with Gasteiger partial charge in [-0.3, -0.25) is 4.98 Å². The first-order chi connectivity index (χ1) is 11.4. The molecule has 0 aliphatic heterocycles. The predicted octanol–water partition coefficient (Wildman–Crippen LogP) is 3.51. The summed E-state index contributed by atoms with van der Waals surface area (Å²) in [5.41, 5.74) is 3.94. The molecule has 3 aromatic rings. The summed E-state index contributed by atoms with van der Waals surface area (Å²) in [4.78, 5) is 3.81. The number of halogens is 1. The third kappa shape index (κ3) is 3.20. The van der Waals surface area contributed by atoms with E-state index in [1.165, 1.54) is 6.07 Å². The van der Waals surface area contributed by atoms with Crippen molar-refractivity contribution in [3.05, 3.63) is 72.2 Å². The van der Waals surface area contributed by atoms with Gasteiger partial charge in [0.15, 0.2) is 0 Å². The maximum absolute atomic E-state index is 14.1. The maximum Gasteiger partial charge on any atom is 0.240 e. The third-order valence-corrected chi connectivity index (χ3v) is 4.59. The van der Waals surface area contributed by atoms with E-state index in [2.05, 4.69) is 4.98 Å². The van der Waals surface area contributed by atoms with E-state index in [4.69, 9.17) is 5.14 Å². The Kier molecular flexibility index (Phi) is 4.17. The van der Waals surface area contributed by atoms with Crippen LogP contribution in [0.25, 0.3) is 22.4 Å². The first-order valence-corrected chi connectivity index (χ1v) is 8.76. The van der Waals surface area contributed by atoms with Gasteiger partial charge in [0.25, 0.3) is 0 Å². The zero-order chi connectivity index (χ0) is 17.3. The highest BCUT2D eigenvalue weighted by Crippen LogP contribution is 2.31. The van der Waals surface area contributed by atoms with Crippen LogP contribution in [0.4, 0.5) is 4.39 Å². The highest BCUT2D eigenvalue weighted by Gasteiger charge is 2.16. The minimum atomic E-state index is -4.10. The second-order valence-corrected chi connectivity index (χ2v) is 6.99. The van der Waals surface area contributed by atoms with Crippen LogP contribution in [0, 0.1) is 12.7 Å². The summed E-state index contributed by atoms with van der Waals surface area (Å²) < 4.78 is 36.8. The molecule has 0 amide bonds. The number of pyridine rings is 1. The Morgan fingerprint density at radius 3 is 2.46 bits per heavy atom. The molecule has 0 saturated heterocycles. The molecule has 0 unspecified atom stereocenters. The summed E-state index contributed by atoms with van der Waals surface area (Å²) in [6.07, 6.45) is 1.61. The van der Waals surface area contributed by atoms with Gasteiger partial charge in [-0.05, 0) is 30.7 Å². The minimum absolute atomic E-state index is 0.483. The maximum atomic E-state index is 14.1. The van der Waals surface area contributed by atoms with Crippen molar-refractivity contribution in [1.82, 2.24) is 4.98 Å². The lowest BCUT2D eigenvalue weighted by Crippen LogP contribution is -2.14. The van der Waals surface area contributed by atoms with E-state index in [0.29, 0.717) is 11.3 Å². The fourth-order valence-electron chi connectivity index (χ4n) is 2.56. The molecular formula is C18H15FN2O2S. The number of primary sulfonamides is 1. The van der Waals surface area contributed by atoms with Gasteiger partial charge < -0.3 is 0 Å². The van der Waals surface area contributed by atoms with Crippen molar-refractivity contribution >= 4 is 10.0 Å². The Morgan fingerprint density at radius 2 is 1.79 bits per heavy atom. The number of nitrogens with zero attached hydrogens (tertiary/aromatic N) is 1. The number of sulfonamides is 1. The van der Waals surface area contributed by atoms with Crippen LogP contribution in [-0.4, -0.2) is 13.4 Å². The highest BCUT2D eigenvalue weighted by atomic mass is 32.2. The molecule has 4 nitrogen and oxygen atoms in total. The van der Waals surface area contributed by atoms with Gasteiger partial charge in [-0.15, -0.1) is 0 Å². The van der Waals surface area contributed by atoms with Crippen molar-refractivity contribution in [2.45, 2.75) is 11.8 Å². The van der Waals surface area contributed by atoms with E-state index in [9.17, 15) is 12.8 Å². The standard InChI is InChI=1S/C18H15FN2O2S/c1-12-4-2-5-13(10-12)15-6-3-9-21-18(15)14-7-8-17(16(19)11-14)24(20,22)23/h2-11H,1H3,(H2,20,22,23). The van der Waals surface area contributed by atoms with Crippen LogP contribution in [0.3, 0.4) is 0 Å². The van der Waals surface area contributed by atoms with Crippen molar-refractivity contribution in [3.63, 3.8) is 0 Å². The van der Waals surface area contributed by atoms with Crippen molar-refractivity contribution < 1.29 is 12.8 Å². The fourth-order valence-corrected chi connectivity index (χ4v) is 3.15. The lowest BCUT2D eigenvalue weighted by molar-refractivity contribution is 0.568. The number of rotatable bonds is 3. The van der Waals surface area contributed by atoms with Gasteiger partial charge in [-0.1, -0.05) is 42.0 Å². The average molecular weight is 342 g/mol. The molecule has 0 bridgehead atoms. The normalized spacial score (nSPS) is 11.5. The van der Waals surface area contributed by atoms with Crippen LogP contribution in [0.2, 0.25) is 0 Å². The first-order valence-electron chi connectivity index (χ1n) is 7.21. The van der Waals surface area contributed by atoms with E-state index >= 15 is 0 Å². The van der Waals surface area contributed by atoms with Crippen LogP contribution < -0.4 is 5.14 Å². The summed E-state index contributed by atoms with van der Waals surface area (Å²) in [7, 11) is -4.10. The van der Waals surface area contributed by atoms with Gasteiger partial charge in [0.05, 0.1) is 5.69 Å². The molecule has 0 radical (unpaired) electrons. The molecular weight excluding hydrogens is 327 g/mol. The Balaban J connectivity index is 2.16. The number of hydrogen-bond acceptors (Lipinski definition) is 3. The van der Waals surface area contributed by atoms with Crippen molar-refractivity contribution in [2.75, 3.05) is 0 Å². The second-order valence-electron chi connectivity index (χ2n) is 5.46. The number of benzene rings is 2. The molecule has 0 fully saturated rings. The zero-order valence-corrected chi connectivity index (χ0v) is 13.7. The molecule has 1 heterocycles. The third-order valence-electron chi connectivity index (χ3n) is 3.65. The quantitative estimate of drug-likeness (QED) is 0.791. The molecule has 0 spiro atoms. The molecule has 6 heteroatoms. The topological polar surface area (TPSA) is 73.0 Å². The van der Waals surface area contributed by atoms with Crippen molar-refractivity contribution in [2.24, 2.45) is 5.14 Å². The van der Waals surface area contributed by atoms with E-state index < -0.39 is 20.7 Å². The smallest absolute Gasteiger partial charge is 0.240 e. The van der Waals surface area contributed by atoms with Gasteiger partial charge in [0, 0.05) is 17.3 Å². The van der Waals surface area contributed by atoms with Crippen LogP contribution in [0.1, 0.15) is 5.56 Å². The molecule has 3 rings (SSSR count). The Morgan fingerprint density at radius 1 is 1.00 bits per heavy atom. The number of hydrogen-bond donors (Lipinski definition) is 1. The van der Waals surface area contributed by atoms with E-state index in [1.807, 2.05) is 37.3 Å². The van der Waals surface area contributed by atoms with Crippen LogP contribution in [0.15, 0.2) is 65.7 Å². The number of aryl methyl sites for hydroxylation is 1. The van der Waals surface area contributed by atoms with E-state index in [-0.39, 0.29) is 0 Å². The van der Waals surface area contributed by atoms with Crippen molar-refractivity contribution in [3.8, 4) is 22.4 Å². The lowest BCUT2D eigenvalue weighted by atomic mass is 9.98. The van der Waals surface area contributed by atoms with E-state index in [1.54, 1.807) is 12.3 Å². The molecule has 0 aliphatic rings. The first kappa shape index (κ1) is 16.3. The van der Waals surface area contributed by atoms with Crippen molar-refractivity contribution in [1.29, 1.82) is 0 Å². The second kappa shape index (κ2) is 6.14. The van der Waals surface area contributed by atoms with Gasteiger partial charge in [0.1, 0.15) is 10.7 Å². The Bertz CT molecular complexity index is 1020. The summed E-state index contributed by atoms with van der Waals surface area (Å²) in [6, 6.07) is 15.4. The molecule has 0 saturated carbocycles. The number of nitrogens with two attached hydrogens (primary N) is 1. The molecule has 122 valence electrons. The molecule has 2 N–H and O–H groups in total. The Hall–Kier alpha value is -2.57.